The Morgan fingerprint density at radius 3 is 2.46 bits per heavy atom. The van der Waals surface area contributed by atoms with Gasteiger partial charge in [-0.05, 0) is 63.9 Å². The van der Waals surface area contributed by atoms with Gasteiger partial charge in [-0.2, -0.15) is 18.2 Å². The van der Waals surface area contributed by atoms with Crippen LogP contribution in [0.5, 0.6) is 0 Å². The number of likely N-dealkylation sites (N-methyl/N-ethyl adjacent to an activating group) is 1. The lowest BCUT2D eigenvalue weighted by molar-refractivity contribution is -0.137. The summed E-state index contributed by atoms with van der Waals surface area (Å²) in [5.74, 6) is -0.205. The fraction of sp³-hybridized carbons (Fsp3) is 0.593. The van der Waals surface area contributed by atoms with Crippen molar-refractivity contribution in [2.24, 2.45) is 0 Å². The van der Waals surface area contributed by atoms with E-state index in [1.807, 2.05) is 32.9 Å². The Hall–Kier alpha value is -3.28. The number of likely N-dealkylation sites (tertiary alicyclic amines) is 1. The molecule has 214 valence electrons. The van der Waals surface area contributed by atoms with Crippen LogP contribution in [0.15, 0.2) is 24.4 Å². The average Bonchev–Trinajstić information content (AvgIpc) is 2.88. The molecule has 9 nitrogen and oxygen atoms in total. The summed E-state index contributed by atoms with van der Waals surface area (Å²) in [6.07, 6.45) is -1.66. The number of nitrogens with zero attached hydrogens (tertiary/aromatic N) is 5. The number of aryl methyl sites for hydroxylation is 1. The van der Waals surface area contributed by atoms with Crippen LogP contribution in [0.25, 0.3) is 0 Å². The third kappa shape index (κ3) is 7.03. The molecule has 39 heavy (non-hydrogen) atoms. The molecule has 0 spiro atoms. The lowest BCUT2D eigenvalue weighted by atomic mass is 9.89. The molecule has 12 heteroatoms. The average molecular weight is 549 g/mol. The number of halogens is 3. The Morgan fingerprint density at radius 1 is 1.10 bits per heavy atom. The minimum atomic E-state index is -4.60. The van der Waals surface area contributed by atoms with E-state index in [1.54, 1.807) is 4.90 Å². The maximum Gasteiger partial charge on any atom is 0.421 e. The minimum absolute atomic E-state index is 0.0841. The van der Waals surface area contributed by atoms with Gasteiger partial charge in [-0.1, -0.05) is 6.92 Å². The van der Waals surface area contributed by atoms with Crippen LogP contribution in [0, 0.1) is 0 Å². The standard InChI is InChI=1S/C27H39F3N8O/c1-5-19-17-20(37-15-13-36(4)14-16-37)7-8-22(19)34-24-33-18-21(27(28,29)30)23(35-24)31-10-6-11-32-25(39)38-12-9-26(38,2)3/h7-8,17-18H,5-6,9-16H2,1-4H3,(H,32,39)(H2,31,33,34,35). The van der Waals surface area contributed by atoms with Crippen LogP contribution in [-0.2, 0) is 12.6 Å². The highest BCUT2D eigenvalue weighted by atomic mass is 19.4. The number of rotatable bonds is 9. The number of urea groups is 1. The van der Waals surface area contributed by atoms with Crippen LogP contribution in [0.2, 0.25) is 0 Å². The summed E-state index contributed by atoms with van der Waals surface area (Å²) < 4.78 is 40.9. The number of carbonyl (C=O) groups is 1. The predicted molar refractivity (Wildman–Crippen MR) is 148 cm³/mol. The van der Waals surface area contributed by atoms with Crippen molar-refractivity contribution in [3.8, 4) is 0 Å². The van der Waals surface area contributed by atoms with Crippen molar-refractivity contribution in [3.05, 3.63) is 35.5 Å². The van der Waals surface area contributed by atoms with Crippen LogP contribution in [0.1, 0.15) is 44.7 Å². The summed E-state index contributed by atoms with van der Waals surface area (Å²) in [6, 6.07) is 5.92. The molecule has 0 atom stereocenters. The third-order valence-electron chi connectivity index (χ3n) is 7.52. The van der Waals surface area contributed by atoms with Gasteiger partial charge in [-0.3, -0.25) is 0 Å². The summed E-state index contributed by atoms with van der Waals surface area (Å²) in [6.45, 7) is 11.2. The highest BCUT2D eigenvalue weighted by Crippen LogP contribution is 2.35. The summed E-state index contributed by atoms with van der Waals surface area (Å²) >= 11 is 0. The Kier molecular flexibility index (Phi) is 8.73. The zero-order chi connectivity index (χ0) is 28.2. The van der Waals surface area contributed by atoms with E-state index in [1.165, 1.54) is 0 Å². The van der Waals surface area contributed by atoms with E-state index in [2.05, 4.69) is 48.8 Å². The van der Waals surface area contributed by atoms with Crippen LogP contribution < -0.4 is 20.9 Å². The molecule has 4 rings (SSSR count). The first kappa shape index (κ1) is 28.7. The lowest BCUT2D eigenvalue weighted by Crippen LogP contribution is -2.61. The molecule has 0 aliphatic carbocycles. The second-order valence-corrected chi connectivity index (χ2v) is 10.8. The number of alkyl halides is 3. The summed E-state index contributed by atoms with van der Waals surface area (Å²) in [4.78, 5) is 26.8. The predicted octanol–water partition coefficient (Wildman–Crippen LogP) is 4.55. The van der Waals surface area contributed by atoms with Crippen molar-refractivity contribution in [2.75, 3.05) is 68.4 Å². The van der Waals surface area contributed by atoms with Crippen molar-refractivity contribution >= 4 is 29.2 Å². The highest BCUT2D eigenvalue weighted by Gasteiger charge is 2.39. The Labute approximate surface area is 228 Å². The van der Waals surface area contributed by atoms with Gasteiger partial charge in [0.05, 0.1) is 0 Å². The monoisotopic (exact) mass is 548 g/mol. The van der Waals surface area contributed by atoms with Gasteiger partial charge >= 0.3 is 12.2 Å². The van der Waals surface area contributed by atoms with E-state index in [-0.39, 0.29) is 29.9 Å². The summed E-state index contributed by atoms with van der Waals surface area (Å²) in [7, 11) is 2.11. The fourth-order valence-electron chi connectivity index (χ4n) is 4.79. The number of piperazine rings is 1. The number of amides is 2. The van der Waals surface area contributed by atoms with Crippen molar-refractivity contribution in [1.29, 1.82) is 0 Å². The topological polar surface area (TPSA) is 88.7 Å². The zero-order valence-corrected chi connectivity index (χ0v) is 23.2. The molecule has 3 heterocycles. The van der Waals surface area contributed by atoms with Crippen LogP contribution in [-0.4, -0.2) is 84.2 Å². The molecule has 0 bridgehead atoms. The van der Waals surface area contributed by atoms with E-state index in [0.717, 1.165) is 62.2 Å². The van der Waals surface area contributed by atoms with Gasteiger partial charge in [-0.15, -0.1) is 0 Å². The van der Waals surface area contributed by atoms with Gasteiger partial charge in [0.2, 0.25) is 5.95 Å². The Bertz CT molecular complexity index is 1150. The van der Waals surface area contributed by atoms with E-state index < -0.39 is 11.7 Å². The maximum absolute atomic E-state index is 13.6. The van der Waals surface area contributed by atoms with Crippen molar-refractivity contribution in [2.45, 2.75) is 51.7 Å². The van der Waals surface area contributed by atoms with Gasteiger partial charge in [0.25, 0.3) is 0 Å². The van der Waals surface area contributed by atoms with Crippen molar-refractivity contribution in [3.63, 3.8) is 0 Å². The van der Waals surface area contributed by atoms with Crippen molar-refractivity contribution in [1.82, 2.24) is 25.1 Å². The van der Waals surface area contributed by atoms with E-state index in [4.69, 9.17) is 0 Å². The van der Waals surface area contributed by atoms with Gasteiger partial charge in [-0.25, -0.2) is 9.78 Å². The molecule has 3 N–H and O–H groups in total. The van der Waals surface area contributed by atoms with Gasteiger partial charge < -0.3 is 30.7 Å². The maximum atomic E-state index is 13.6. The first-order valence-electron chi connectivity index (χ1n) is 13.5. The summed E-state index contributed by atoms with van der Waals surface area (Å²) in [5, 5.41) is 8.73. The molecule has 2 fully saturated rings. The highest BCUT2D eigenvalue weighted by molar-refractivity contribution is 5.76. The molecule has 1 aromatic carbocycles. The second kappa shape index (κ2) is 11.8. The van der Waals surface area contributed by atoms with Crippen LogP contribution >= 0.6 is 0 Å². The zero-order valence-electron chi connectivity index (χ0n) is 23.2. The number of benzene rings is 1. The van der Waals surface area contributed by atoms with Crippen molar-refractivity contribution < 1.29 is 18.0 Å². The fourth-order valence-corrected chi connectivity index (χ4v) is 4.79. The number of carbonyl (C=O) groups excluding carboxylic acids is 1. The lowest BCUT2D eigenvalue weighted by Gasteiger charge is -2.48. The largest absolute Gasteiger partial charge is 0.421 e. The smallest absolute Gasteiger partial charge is 0.369 e. The number of nitrogens with one attached hydrogen (secondary N) is 3. The van der Waals surface area contributed by atoms with Gasteiger partial charge in [0.1, 0.15) is 11.4 Å². The molecule has 1 aromatic heterocycles. The van der Waals surface area contributed by atoms with E-state index >= 15 is 0 Å². The molecule has 2 aliphatic heterocycles. The molecule has 0 radical (unpaired) electrons. The number of hydrogen-bond acceptors (Lipinski definition) is 7. The molecule has 2 aromatic rings. The Balaban J connectivity index is 1.39. The molecule has 2 aliphatic rings. The minimum Gasteiger partial charge on any atom is -0.369 e. The first-order valence-corrected chi connectivity index (χ1v) is 13.5. The third-order valence-corrected chi connectivity index (χ3v) is 7.52. The molecule has 2 amide bonds. The molecular weight excluding hydrogens is 509 g/mol. The van der Waals surface area contributed by atoms with E-state index in [9.17, 15) is 18.0 Å². The van der Waals surface area contributed by atoms with Crippen LogP contribution in [0.4, 0.5) is 41.1 Å². The normalized spacial score (nSPS) is 17.5. The first-order chi connectivity index (χ1) is 18.5. The number of aromatic nitrogens is 2. The van der Waals surface area contributed by atoms with Gasteiger partial charge in [0.15, 0.2) is 0 Å². The summed E-state index contributed by atoms with van der Waals surface area (Å²) in [5.41, 5.74) is 1.84. The molecular formula is C27H39F3N8O. The molecule has 0 saturated carbocycles. The molecule has 0 unspecified atom stereocenters. The Morgan fingerprint density at radius 2 is 1.85 bits per heavy atom. The number of anilines is 4. The van der Waals surface area contributed by atoms with E-state index in [0.29, 0.717) is 19.5 Å². The number of hydrogen-bond donors (Lipinski definition) is 3. The quantitative estimate of drug-likeness (QED) is 0.396. The second-order valence-electron chi connectivity index (χ2n) is 10.8. The van der Waals surface area contributed by atoms with Crippen LogP contribution in [0.3, 0.4) is 0 Å². The van der Waals surface area contributed by atoms with Gasteiger partial charge in [0, 0.05) is 68.9 Å². The SMILES string of the molecule is CCc1cc(N2CCN(C)CC2)ccc1Nc1ncc(C(F)(F)F)c(NCCCNC(=O)N2CCC2(C)C)n1. The molecule has 2 saturated heterocycles.